The van der Waals surface area contributed by atoms with Crippen molar-refractivity contribution >= 4 is 29.1 Å². The van der Waals surface area contributed by atoms with Crippen molar-refractivity contribution in [1.29, 1.82) is 5.26 Å². The highest BCUT2D eigenvalue weighted by Gasteiger charge is 2.18. The Morgan fingerprint density at radius 3 is 2.44 bits per heavy atom. The summed E-state index contributed by atoms with van der Waals surface area (Å²) in [5, 5.41) is 9.24. The van der Waals surface area contributed by atoms with E-state index in [0.29, 0.717) is 10.7 Å². The fourth-order valence-corrected chi connectivity index (χ4v) is 2.88. The molecule has 0 spiro atoms. The number of rotatable bonds is 7. The Morgan fingerprint density at radius 1 is 1.19 bits per heavy atom. The van der Waals surface area contributed by atoms with Gasteiger partial charge in [0, 0.05) is 17.3 Å². The minimum atomic E-state index is -0.699. The third-order valence-corrected chi connectivity index (χ3v) is 4.06. The molecular weight excluding hydrogens is 366 g/mol. The number of aryl methyl sites for hydroxylation is 2. The molecular formula is C20H20ClN3O3. The van der Waals surface area contributed by atoms with Gasteiger partial charge in [-0.05, 0) is 55.3 Å². The van der Waals surface area contributed by atoms with E-state index < -0.39 is 5.91 Å². The number of nitrogens with two attached hydrogens (primary N) is 1. The zero-order chi connectivity index (χ0) is 20.0. The highest BCUT2D eigenvalue weighted by molar-refractivity contribution is 6.31. The van der Waals surface area contributed by atoms with Gasteiger partial charge in [-0.1, -0.05) is 17.7 Å². The molecule has 27 heavy (non-hydrogen) atoms. The SMILES string of the molecule is Cc1cc(C)cc(N(CCC#N)C(=O)COc2ccc(Cl)cc2C(N)=O)c1. The summed E-state index contributed by atoms with van der Waals surface area (Å²) >= 11 is 5.87. The fraction of sp³-hybridized carbons (Fsp3) is 0.250. The van der Waals surface area contributed by atoms with Crippen molar-refractivity contribution in [2.24, 2.45) is 5.73 Å². The molecule has 0 saturated carbocycles. The Kier molecular flexibility index (Phi) is 6.80. The van der Waals surface area contributed by atoms with Crippen molar-refractivity contribution in [3.8, 4) is 11.8 Å². The molecule has 0 unspecified atom stereocenters. The van der Waals surface area contributed by atoms with E-state index in [2.05, 4.69) is 0 Å². The van der Waals surface area contributed by atoms with Crippen LogP contribution in [0.1, 0.15) is 27.9 Å². The lowest BCUT2D eigenvalue weighted by Crippen LogP contribution is -2.36. The van der Waals surface area contributed by atoms with Crippen LogP contribution in [-0.2, 0) is 4.79 Å². The van der Waals surface area contributed by atoms with Crippen molar-refractivity contribution in [2.75, 3.05) is 18.1 Å². The maximum absolute atomic E-state index is 12.7. The number of hydrogen-bond acceptors (Lipinski definition) is 4. The Hall–Kier alpha value is -3.04. The van der Waals surface area contributed by atoms with Crippen LogP contribution in [0.5, 0.6) is 5.75 Å². The summed E-state index contributed by atoms with van der Waals surface area (Å²) in [6.45, 7) is 3.81. The fourth-order valence-electron chi connectivity index (χ4n) is 2.70. The van der Waals surface area contributed by atoms with Crippen LogP contribution >= 0.6 is 11.6 Å². The molecule has 2 aromatic carbocycles. The van der Waals surface area contributed by atoms with Crippen LogP contribution in [0.15, 0.2) is 36.4 Å². The van der Waals surface area contributed by atoms with Crippen molar-refractivity contribution in [3.63, 3.8) is 0 Å². The molecule has 0 aromatic heterocycles. The van der Waals surface area contributed by atoms with Gasteiger partial charge in [0.05, 0.1) is 18.1 Å². The first-order chi connectivity index (χ1) is 12.8. The van der Waals surface area contributed by atoms with Crippen LogP contribution in [0.4, 0.5) is 5.69 Å². The number of nitriles is 1. The van der Waals surface area contributed by atoms with Gasteiger partial charge in [-0.25, -0.2) is 0 Å². The maximum atomic E-state index is 12.7. The van der Waals surface area contributed by atoms with Gasteiger partial charge in [0.1, 0.15) is 5.75 Å². The summed E-state index contributed by atoms with van der Waals surface area (Å²) in [6.07, 6.45) is 0.187. The maximum Gasteiger partial charge on any atom is 0.264 e. The Bertz CT molecular complexity index is 886. The van der Waals surface area contributed by atoms with Crippen LogP contribution in [0.25, 0.3) is 0 Å². The summed E-state index contributed by atoms with van der Waals surface area (Å²) in [7, 11) is 0. The summed E-state index contributed by atoms with van der Waals surface area (Å²) in [5.41, 5.74) is 8.15. The average Bonchev–Trinajstić information content (AvgIpc) is 2.60. The third kappa shape index (κ3) is 5.47. The lowest BCUT2D eigenvalue weighted by atomic mass is 10.1. The highest BCUT2D eigenvalue weighted by Crippen LogP contribution is 2.23. The van der Waals surface area contributed by atoms with E-state index in [4.69, 9.17) is 27.3 Å². The summed E-state index contributed by atoms with van der Waals surface area (Å²) in [4.78, 5) is 25.8. The van der Waals surface area contributed by atoms with Crippen molar-refractivity contribution < 1.29 is 14.3 Å². The van der Waals surface area contributed by atoms with Crippen LogP contribution in [0.3, 0.4) is 0 Å². The molecule has 0 aliphatic rings. The Morgan fingerprint density at radius 2 is 1.85 bits per heavy atom. The van der Waals surface area contributed by atoms with E-state index in [1.807, 2.05) is 38.1 Å². The molecule has 2 N–H and O–H groups in total. The van der Waals surface area contributed by atoms with Gasteiger partial charge in [0.25, 0.3) is 11.8 Å². The smallest absolute Gasteiger partial charge is 0.264 e. The second kappa shape index (κ2) is 9.06. The molecule has 2 aromatic rings. The van der Waals surface area contributed by atoms with Gasteiger partial charge in [-0.2, -0.15) is 5.26 Å². The van der Waals surface area contributed by atoms with Crippen LogP contribution in [0, 0.1) is 25.2 Å². The zero-order valence-electron chi connectivity index (χ0n) is 15.2. The molecule has 0 atom stereocenters. The number of amides is 2. The normalized spacial score (nSPS) is 10.1. The lowest BCUT2D eigenvalue weighted by molar-refractivity contribution is -0.120. The Balaban J connectivity index is 2.22. The molecule has 6 nitrogen and oxygen atoms in total. The molecule has 0 radical (unpaired) electrons. The summed E-state index contributed by atoms with van der Waals surface area (Å²) in [5.74, 6) is -0.850. The number of carbonyl (C=O) groups excluding carboxylic acids is 2. The minimum Gasteiger partial charge on any atom is -0.483 e. The third-order valence-electron chi connectivity index (χ3n) is 3.82. The van der Waals surface area contributed by atoms with Gasteiger partial charge in [0.15, 0.2) is 6.61 Å². The number of ether oxygens (including phenoxy) is 1. The van der Waals surface area contributed by atoms with E-state index in [1.165, 1.54) is 17.0 Å². The molecule has 0 aliphatic heterocycles. The molecule has 0 fully saturated rings. The molecule has 2 amide bonds. The largest absolute Gasteiger partial charge is 0.483 e. The van der Waals surface area contributed by atoms with Crippen molar-refractivity contribution in [1.82, 2.24) is 0 Å². The van der Waals surface area contributed by atoms with E-state index in [9.17, 15) is 9.59 Å². The molecule has 0 bridgehead atoms. The van der Waals surface area contributed by atoms with E-state index in [1.54, 1.807) is 6.07 Å². The number of primary amides is 1. The second-order valence-corrected chi connectivity index (χ2v) is 6.53. The Labute approximate surface area is 163 Å². The number of benzene rings is 2. The van der Waals surface area contributed by atoms with Gasteiger partial charge >= 0.3 is 0 Å². The van der Waals surface area contributed by atoms with E-state index in [-0.39, 0.29) is 36.8 Å². The van der Waals surface area contributed by atoms with Crippen LogP contribution in [-0.4, -0.2) is 25.0 Å². The summed E-state index contributed by atoms with van der Waals surface area (Å²) in [6, 6.07) is 12.2. The number of nitrogens with zero attached hydrogens (tertiary/aromatic N) is 2. The molecule has 7 heteroatoms. The lowest BCUT2D eigenvalue weighted by Gasteiger charge is -2.23. The van der Waals surface area contributed by atoms with Crippen LogP contribution < -0.4 is 15.4 Å². The van der Waals surface area contributed by atoms with Gasteiger partial charge in [0.2, 0.25) is 0 Å². The monoisotopic (exact) mass is 385 g/mol. The number of anilines is 1. The standard InChI is InChI=1S/C20H20ClN3O3/c1-13-8-14(2)10-16(9-13)24(7-3-6-22)19(25)12-27-18-5-4-15(21)11-17(18)20(23)26/h4-5,8-11H,3,7,12H2,1-2H3,(H2,23,26). The van der Waals surface area contributed by atoms with Gasteiger partial charge in [-0.3, -0.25) is 9.59 Å². The predicted molar refractivity (Wildman–Crippen MR) is 104 cm³/mol. The van der Waals surface area contributed by atoms with Crippen molar-refractivity contribution in [3.05, 3.63) is 58.1 Å². The highest BCUT2D eigenvalue weighted by atomic mass is 35.5. The quantitative estimate of drug-likeness (QED) is 0.790. The van der Waals surface area contributed by atoms with Crippen molar-refractivity contribution in [2.45, 2.75) is 20.3 Å². The van der Waals surface area contributed by atoms with Gasteiger partial charge in [-0.15, -0.1) is 0 Å². The topological polar surface area (TPSA) is 96.4 Å². The number of carbonyl (C=O) groups is 2. The minimum absolute atomic E-state index is 0.102. The predicted octanol–water partition coefficient (Wildman–Crippen LogP) is 3.38. The first-order valence-corrected chi connectivity index (χ1v) is 8.67. The van der Waals surface area contributed by atoms with Gasteiger partial charge < -0.3 is 15.4 Å². The number of halogens is 1. The first kappa shape index (κ1) is 20.3. The average molecular weight is 386 g/mol. The molecule has 0 aliphatic carbocycles. The molecule has 0 heterocycles. The molecule has 140 valence electrons. The van der Waals surface area contributed by atoms with E-state index in [0.717, 1.165) is 11.1 Å². The van der Waals surface area contributed by atoms with E-state index >= 15 is 0 Å². The molecule has 0 saturated heterocycles. The summed E-state index contributed by atoms with van der Waals surface area (Å²) < 4.78 is 5.52. The number of hydrogen-bond donors (Lipinski definition) is 1. The van der Waals surface area contributed by atoms with Crippen LogP contribution in [0.2, 0.25) is 5.02 Å². The first-order valence-electron chi connectivity index (χ1n) is 8.29. The molecule has 2 rings (SSSR count). The zero-order valence-corrected chi connectivity index (χ0v) is 15.9. The second-order valence-electron chi connectivity index (χ2n) is 6.09.